The molecule has 1 atom stereocenters. The Morgan fingerprint density at radius 2 is 2.22 bits per heavy atom. The summed E-state index contributed by atoms with van der Waals surface area (Å²) in [7, 11) is -2.72. The third-order valence-corrected chi connectivity index (χ3v) is 2.72. The summed E-state index contributed by atoms with van der Waals surface area (Å²) >= 11 is 0. The van der Waals surface area contributed by atoms with E-state index >= 15 is 0 Å². The maximum atomic E-state index is 9.07. The molecule has 0 fully saturated rings. The summed E-state index contributed by atoms with van der Waals surface area (Å²) in [5.41, 5.74) is 5.16. The fraction of sp³-hybridized carbons (Fsp3) is 1.00. The molecule has 0 radical (unpaired) electrons. The van der Waals surface area contributed by atoms with Gasteiger partial charge < -0.3 is 10.5 Å². The molecule has 4 N–H and O–H groups in total. The second-order valence-corrected chi connectivity index (χ2v) is 5.19. The zero-order chi connectivity index (χ0) is 7.33. The van der Waals surface area contributed by atoms with Crippen LogP contribution in [-0.2, 0) is 4.58 Å². The minimum Gasteiger partial charge on any atom is -0.409 e. The first-order valence-electron chi connectivity index (χ1n) is 2.87. The molecule has 0 saturated carbocycles. The molecule has 0 aromatic heterocycles. The van der Waals surface area contributed by atoms with Crippen LogP contribution >= 0.6 is 0 Å². The van der Waals surface area contributed by atoms with Crippen molar-refractivity contribution in [1.29, 1.82) is 0 Å². The summed E-state index contributed by atoms with van der Waals surface area (Å²) < 4.78 is 3.88. The number of hydrogen-bond acceptors (Lipinski definition) is 4. The lowest BCUT2D eigenvalue weighted by Gasteiger charge is -2.13. The van der Waals surface area contributed by atoms with Crippen LogP contribution in [0, 0.1) is 0 Å². The third-order valence-electron chi connectivity index (χ3n) is 1.04. The van der Waals surface area contributed by atoms with E-state index in [1.54, 1.807) is 0 Å². The quantitative estimate of drug-likeness (QED) is 0.298. The number of nitrogens with two attached hydrogens (primary N) is 1. The highest BCUT2D eigenvalue weighted by molar-refractivity contribution is 6.64. The Labute approximate surface area is 55.4 Å². The molecule has 0 amide bonds. The predicted octanol–water partition coefficient (Wildman–Crippen LogP) is -0.111. The second-order valence-electron chi connectivity index (χ2n) is 2.16. The molecule has 0 aliphatic heterocycles. The molecular formula is C4H13NO3Si. The van der Waals surface area contributed by atoms with Crippen LogP contribution in [0.15, 0.2) is 0 Å². The lowest BCUT2D eigenvalue weighted by atomic mass is 10.5. The standard InChI is InChI=1S/C4H13NO3Si/c1-9(7,8-6)4-2-3-5/h6-7H,2-5H2,1H3/t9-/m1/s1. The van der Waals surface area contributed by atoms with E-state index < -0.39 is 8.56 Å². The largest absolute Gasteiger partial charge is 0.409 e. The van der Waals surface area contributed by atoms with Gasteiger partial charge in [0.05, 0.1) is 0 Å². The molecule has 0 rings (SSSR count). The summed E-state index contributed by atoms with van der Waals surface area (Å²) in [5.74, 6) is 0. The van der Waals surface area contributed by atoms with Crippen molar-refractivity contribution in [2.75, 3.05) is 6.54 Å². The lowest BCUT2D eigenvalue weighted by Crippen LogP contribution is -2.33. The summed E-state index contributed by atoms with van der Waals surface area (Å²) in [4.78, 5) is 9.07. The highest BCUT2D eigenvalue weighted by Crippen LogP contribution is 2.06. The van der Waals surface area contributed by atoms with Crippen LogP contribution in [0.5, 0.6) is 0 Å². The summed E-state index contributed by atoms with van der Waals surface area (Å²) in [6.45, 7) is 2.04. The van der Waals surface area contributed by atoms with Crippen molar-refractivity contribution in [3.05, 3.63) is 0 Å². The van der Waals surface area contributed by atoms with Crippen molar-refractivity contribution in [3.63, 3.8) is 0 Å². The van der Waals surface area contributed by atoms with Gasteiger partial charge in [-0.25, -0.2) is 0 Å². The molecule has 9 heavy (non-hydrogen) atoms. The van der Waals surface area contributed by atoms with Gasteiger partial charge in [-0.1, -0.05) is 0 Å². The average molecular weight is 151 g/mol. The highest BCUT2D eigenvalue weighted by atomic mass is 28.4. The molecule has 0 heterocycles. The van der Waals surface area contributed by atoms with Crippen molar-refractivity contribution >= 4 is 8.56 Å². The molecular weight excluding hydrogens is 138 g/mol. The molecule has 0 spiro atoms. The van der Waals surface area contributed by atoms with Crippen LogP contribution in [0.3, 0.4) is 0 Å². The van der Waals surface area contributed by atoms with Gasteiger partial charge in [0.15, 0.2) is 0 Å². The Bertz CT molecular complexity index is 78.2. The van der Waals surface area contributed by atoms with Crippen molar-refractivity contribution in [2.24, 2.45) is 5.73 Å². The molecule has 5 heteroatoms. The Morgan fingerprint density at radius 3 is 2.56 bits per heavy atom. The SMILES string of the molecule is C[Si@](O)(CCCN)OO. The normalized spacial score (nSPS) is 17.3. The van der Waals surface area contributed by atoms with Gasteiger partial charge in [0.25, 0.3) is 0 Å². The highest BCUT2D eigenvalue weighted by Gasteiger charge is 2.25. The topological polar surface area (TPSA) is 75.7 Å². The molecule has 0 bridgehead atoms. The average Bonchev–Trinajstić information content (AvgIpc) is 1.84. The van der Waals surface area contributed by atoms with Gasteiger partial charge in [-0.05, 0) is 25.6 Å². The molecule has 0 aliphatic carbocycles. The molecule has 0 saturated heterocycles. The predicted molar refractivity (Wildman–Crippen MR) is 36.0 cm³/mol. The number of hydrogen-bond donors (Lipinski definition) is 3. The van der Waals surface area contributed by atoms with Crippen molar-refractivity contribution < 1.29 is 14.6 Å². The molecule has 0 aromatic carbocycles. The Hall–Kier alpha value is 0.0569. The van der Waals surface area contributed by atoms with Gasteiger partial charge in [0, 0.05) is 0 Å². The lowest BCUT2D eigenvalue weighted by molar-refractivity contribution is -0.166. The Kier molecular flexibility index (Phi) is 3.99. The van der Waals surface area contributed by atoms with E-state index in [0.29, 0.717) is 19.0 Å². The van der Waals surface area contributed by atoms with Crippen molar-refractivity contribution in [1.82, 2.24) is 0 Å². The first-order valence-corrected chi connectivity index (χ1v) is 5.43. The van der Waals surface area contributed by atoms with E-state index in [1.165, 1.54) is 6.55 Å². The van der Waals surface area contributed by atoms with Crippen molar-refractivity contribution in [3.8, 4) is 0 Å². The zero-order valence-electron chi connectivity index (χ0n) is 5.50. The van der Waals surface area contributed by atoms with E-state index in [1.807, 2.05) is 0 Å². The van der Waals surface area contributed by atoms with E-state index in [4.69, 9.17) is 15.8 Å². The van der Waals surface area contributed by atoms with Gasteiger partial charge in [0.2, 0.25) is 0 Å². The van der Waals surface area contributed by atoms with Crippen LogP contribution in [-0.4, -0.2) is 25.2 Å². The minimum atomic E-state index is -2.72. The molecule has 0 aromatic rings. The first-order chi connectivity index (χ1) is 4.12. The maximum absolute atomic E-state index is 9.07. The third kappa shape index (κ3) is 4.55. The van der Waals surface area contributed by atoms with E-state index in [9.17, 15) is 0 Å². The van der Waals surface area contributed by atoms with E-state index in [2.05, 4.69) is 4.58 Å². The van der Waals surface area contributed by atoms with Crippen LogP contribution in [0.4, 0.5) is 0 Å². The second kappa shape index (κ2) is 3.97. The monoisotopic (exact) mass is 151 g/mol. The van der Waals surface area contributed by atoms with E-state index in [0.717, 1.165) is 0 Å². The fourth-order valence-electron chi connectivity index (χ4n) is 0.476. The number of rotatable bonds is 4. The molecule has 56 valence electrons. The fourth-order valence-corrected chi connectivity index (χ4v) is 1.43. The summed E-state index contributed by atoms with van der Waals surface area (Å²) in [5, 5.41) is 8.09. The van der Waals surface area contributed by atoms with Gasteiger partial charge >= 0.3 is 8.56 Å². The maximum Gasteiger partial charge on any atom is 0.369 e. The van der Waals surface area contributed by atoms with Crippen LogP contribution in [0.1, 0.15) is 6.42 Å². The van der Waals surface area contributed by atoms with Crippen LogP contribution < -0.4 is 5.73 Å². The first kappa shape index (κ1) is 9.06. The summed E-state index contributed by atoms with van der Waals surface area (Å²) in [6.07, 6.45) is 0.694. The molecule has 0 unspecified atom stereocenters. The van der Waals surface area contributed by atoms with Crippen molar-refractivity contribution in [2.45, 2.75) is 19.0 Å². The molecule has 4 nitrogen and oxygen atoms in total. The van der Waals surface area contributed by atoms with E-state index in [-0.39, 0.29) is 0 Å². The molecule has 0 aliphatic rings. The van der Waals surface area contributed by atoms with Crippen LogP contribution in [0.2, 0.25) is 12.6 Å². The van der Waals surface area contributed by atoms with Gasteiger partial charge in [-0.3, -0.25) is 9.83 Å². The van der Waals surface area contributed by atoms with Gasteiger partial charge in [-0.15, -0.1) is 0 Å². The van der Waals surface area contributed by atoms with Gasteiger partial charge in [-0.2, -0.15) is 0 Å². The Morgan fingerprint density at radius 1 is 1.67 bits per heavy atom. The van der Waals surface area contributed by atoms with Crippen LogP contribution in [0.25, 0.3) is 0 Å². The van der Waals surface area contributed by atoms with Gasteiger partial charge in [0.1, 0.15) is 0 Å². The zero-order valence-corrected chi connectivity index (χ0v) is 6.50. The Balaban J connectivity index is 3.33. The summed E-state index contributed by atoms with van der Waals surface area (Å²) in [6, 6.07) is 0.486. The smallest absolute Gasteiger partial charge is 0.369 e. The minimum absolute atomic E-state index is 0.486.